The summed E-state index contributed by atoms with van der Waals surface area (Å²) in [5, 5.41) is 88.8. The molecule has 0 aromatic heterocycles. The summed E-state index contributed by atoms with van der Waals surface area (Å²) in [6, 6.07) is -3.87. The maximum atomic E-state index is 10.8. The van der Waals surface area contributed by atoms with E-state index in [1.165, 1.54) is 0 Å². The molecule has 19 heteroatoms. The first-order valence-corrected chi connectivity index (χ1v) is 13.8. The SMILES string of the molecule is CCC(O)[N+](C)(C)C.N[C@H]1[C@H](OC2[C@@H](CO)O[C@@H](OC3[C@@H](CO)O[C@@H](O)[C@H](N)[C@H]3O)[C@H](N)[C@H]2O)O[C@H](CO)[C@@H](O)[C@@H]1O.[Cl-]. The zero-order valence-electron chi connectivity index (χ0n) is 24.7. The van der Waals surface area contributed by atoms with E-state index in [4.69, 9.17) is 46.0 Å². The van der Waals surface area contributed by atoms with E-state index in [1.54, 1.807) is 0 Å². The standard InChI is InChI=1S/C18H35N3O13.C6H16NO.ClH/c19-7-12(27)14(5(2-23)30-16(7)29)33-18-9(21)13(28)15(6(3-24)32-18)34-17-8(20)11(26)10(25)4(1-22)31-17;1-5-6(8)7(2,3)4;/h4-18,22-29H,1-3,19-21H2;6,8H,5H2,1-4H3;1H/q;+1;/p-1/t4-,5-,6-,7-,8-,9-,10-,11-,12-,13-,14?,15?,16-,17+,18+;;/m1../s1. The second kappa shape index (κ2) is 17.5. The van der Waals surface area contributed by atoms with Crippen LogP contribution in [0.3, 0.4) is 0 Å². The molecule has 0 aliphatic carbocycles. The molecule has 0 aromatic rings. The van der Waals surface area contributed by atoms with Gasteiger partial charge in [-0.25, -0.2) is 0 Å². The van der Waals surface area contributed by atoms with E-state index in [0.717, 1.165) is 6.42 Å². The summed E-state index contributed by atoms with van der Waals surface area (Å²) in [6.07, 6.45) is -16.2. The zero-order valence-corrected chi connectivity index (χ0v) is 25.4. The lowest BCUT2D eigenvalue weighted by Gasteiger charge is -2.48. The van der Waals surface area contributed by atoms with Crippen LogP contribution in [0.25, 0.3) is 0 Å². The molecule has 0 bridgehead atoms. The van der Waals surface area contributed by atoms with Gasteiger partial charge in [0.05, 0.1) is 59.1 Å². The molecule has 0 spiro atoms. The van der Waals surface area contributed by atoms with Crippen LogP contribution in [-0.2, 0) is 23.7 Å². The van der Waals surface area contributed by atoms with Gasteiger partial charge in [-0.2, -0.15) is 0 Å². The molecule has 3 rings (SSSR count). The number of halogens is 1. The number of ether oxygens (including phenoxy) is 5. The van der Waals surface area contributed by atoms with E-state index in [9.17, 15) is 40.9 Å². The first-order chi connectivity index (χ1) is 19.5. The molecule has 15 N–H and O–H groups in total. The van der Waals surface area contributed by atoms with Gasteiger partial charge in [-0.3, -0.25) is 0 Å². The molecule has 3 unspecified atom stereocenters. The third-order valence-corrected chi connectivity index (χ3v) is 7.59. The molecule has 3 aliphatic heterocycles. The number of quaternary nitrogens is 1. The molecule has 0 amide bonds. The average molecular weight is 655 g/mol. The van der Waals surface area contributed by atoms with E-state index < -0.39 is 112 Å². The fraction of sp³-hybridized carbons (Fsp3) is 1.00. The largest absolute Gasteiger partial charge is 1.00 e. The van der Waals surface area contributed by atoms with Gasteiger partial charge in [0.15, 0.2) is 25.1 Å². The molecule has 0 radical (unpaired) electrons. The molecule has 3 fully saturated rings. The predicted molar refractivity (Wildman–Crippen MR) is 141 cm³/mol. The molecule has 0 aromatic carbocycles. The number of nitrogens with two attached hydrogens (primary N) is 3. The van der Waals surface area contributed by atoms with Crippen molar-refractivity contribution in [1.82, 2.24) is 0 Å². The van der Waals surface area contributed by atoms with Crippen molar-refractivity contribution in [2.75, 3.05) is 41.0 Å². The highest BCUT2D eigenvalue weighted by Crippen LogP contribution is 2.31. The van der Waals surface area contributed by atoms with Crippen molar-refractivity contribution in [1.29, 1.82) is 0 Å². The van der Waals surface area contributed by atoms with Crippen LogP contribution >= 0.6 is 0 Å². The van der Waals surface area contributed by atoms with Gasteiger partial charge in [0.1, 0.15) is 54.9 Å². The van der Waals surface area contributed by atoms with Gasteiger partial charge in [-0.1, -0.05) is 6.92 Å². The number of rotatable bonds is 9. The summed E-state index contributed by atoms with van der Waals surface area (Å²) in [6.45, 7) is -0.0191. The summed E-state index contributed by atoms with van der Waals surface area (Å²) in [5.41, 5.74) is 17.6. The summed E-state index contributed by atoms with van der Waals surface area (Å²) >= 11 is 0. The minimum Gasteiger partial charge on any atom is -1.00 e. The number of nitrogens with zero attached hydrogens (tertiary/aromatic N) is 1. The van der Waals surface area contributed by atoms with Crippen LogP contribution in [-0.4, -0.2) is 190 Å². The predicted octanol–water partition coefficient (Wildman–Crippen LogP) is -10.2. The maximum Gasteiger partial charge on any atom is 0.189 e. The van der Waals surface area contributed by atoms with Crippen molar-refractivity contribution < 1.29 is 86.5 Å². The number of hydrogen-bond donors (Lipinski definition) is 12. The Kier molecular flexibility index (Phi) is 16.5. The fourth-order valence-electron chi connectivity index (χ4n) is 4.73. The Labute approximate surface area is 256 Å². The second-order valence-corrected chi connectivity index (χ2v) is 11.6. The lowest BCUT2D eigenvalue weighted by Crippen LogP contribution is -3.00. The highest BCUT2D eigenvalue weighted by atomic mass is 35.5. The van der Waals surface area contributed by atoms with E-state index in [2.05, 4.69) is 0 Å². The van der Waals surface area contributed by atoms with Gasteiger partial charge in [0.25, 0.3) is 0 Å². The van der Waals surface area contributed by atoms with E-state index in [0.29, 0.717) is 4.48 Å². The molecule has 3 aliphatic rings. The first kappa shape index (κ1) is 40.6. The number of aliphatic hydroxyl groups is 9. The molecular weight excluding hydrogens is 604 g/mol. The van der Waals surface area contributed by atoms with Crippen molar-refractivity contribution >= 4 is 0 Å². The van der Waals surface area contributed by atoms with Crippen LogP contribution in [0.5, 0.6) is 0 Å². The fourth-order valence-corrected chi connectivity index (χ4v) is 4.73. The Balaban J connectivity index is 0.000000903. The van der Waals surface area contributed by atoms with E-state index in [1.807, 2.05) is 28.1 Å². The Bertz CT molecular complexity index is 800. The van der Waals surface area contributed by atoms with Gasteiger partial charge in [0, 0.05) is 6.42 Å². The Morgan fingerprint density at radius 3 is 1.44 bits per heavy atom. The Morgan fingerprint density at radius 1 is 0.651 bits per heavy atom. The molecule has 18 nitrogen and oxygen atoms in total. The number of aliphatic hydroxyl groups excluding tert-OH is 9. The van der Waals surface area contributed by atoms with Gasteiger partial charge < -0.3 is 104 Å². The zero-order chi connectivity index (χ0) is 32.1. The van der Waals surface area contributed by atoms with Crippen molar-refractivity contribution in [3.63, 3.8) is 0 Å². The third kappa shape index (κ3) is 9.78. The monoisotopic (exact) mass is 654 g/mol. The molecule has 3 saturated heterocycles. The van der Waals surface area contributed by atoms with Crippen LogP contribution in [0, 0.1) is 0 Å². The van der Waals surface area contributed by atoms with Crippen molar-refractivity contribution in [2.24, 2.45) is 17.2 Å². The van der Waals surface area contributed by atoms with Crippen LogP contribution < -0.4 is 29.6 Å². The van der Waals surface area contributed by atoms with E-state index in [-0.39, 0.29) is 18.6 Å². The minimum absolute atomic E-state index is 0. The summed E-state index contributed by atoms with van der Waals surface area (Å²) in [4.78, 5) is 0. The van der Waals surface area contributed by atoms with Gasteiger partial charge in [-0.05, 0) is 0 Å². The maximum absolute atomic E-state index is 10.8. The molecule has 43 heavy (non-hydrogen) atoms. The minimum atomic E-state index is -1.56. The average Bonchev–Trinajstić information content (AvgIpc) is 2.95. The van der Waals surface area contributed by atoms with Gasteiger partial charge >= 0.3 is 0 Å². The van der Waals surface area contributed by atoms with Crippen LogP contribution in [0.1, 0.15) is 13.3 Å². The number of hydrogen-bond acceptors (Lipinski definition) is 17. The van der Waals surface area contributed by atoms with Gasteiger partial charge in [-0.15, -0.1) is 0 Å². The van der Waals surface area contributed by atoms with Crippen LogP contribution in [0.4, 0.5) is 0 Å². The first-order valence-electron chi connectivity index (χ1n) is 13.8. The molecule has 3 heterocycles. The van der Waals surface area contributed by atoms with Crippen LogP contribution in [0.15, 0.2) is 0 Å². The van der Waals surface area contributed by atoms with Gasteiger partial charge in [0.2, 0.25) is 0 Å². The highest BCUT2D eigenvalue weighted by molar-refractivity contribution is 4.98. The quantitative estimate of drug-likeness (QED) is 0.0811. The Morgan fingerprint density at radius 2 is 1.05 bits per heavy atom. The smallest absolute Gasteiger partial charge is 0.189 e. The summed E-state index contributed by atoms with van der Waals surface area (Å²) in [7, 11) is 5.94. The summed E-state index contributed by atoms with van der Waals surface area (Å²) in [5.74, 6) is 0. The Hall–Kier alpha value is -0.430. The third-order valence-electron chi connectivity index (χ3n) is 7.59. The molecule has 16 atom stereocenters. The normalized spacial score (nSPS) is 44.5. The lowest BCUT2D eigenvalue weighted by atomic mass is 9.94. The lowest BCUT2D eigenvalue weighted by molar-refractivity contribution is -0.918. The topological polar surface area (TPSA) is 306 Å². The van der Waals surface area contributed by atoms with Crippen LogP contribution in [0.2, 0.25) is 0 Å². The molecular formula is C24H51ClN4O14. The van der Waals surface area contributed by atoms with Crippen molar-refractivity contribution in [2.45, 2.75) is 112 Å². The molecule has 0 saturated carbocycles. The van der Waals surface area contributed by atoms with Crippen molar-refractivity contribution in [3.05, 3.63) is 0 Å². The molecule has 258 valence electrons. The second-order valence-electron chi connectivity index (χ2n) is 11.6. The highest BCUT2D eigenvalue weighted by Gasteiger charge is 2.52. The van der Waals surface area contributed by atoms with Crippen molar-refractivity contribution in [3.8, 4) is 0 Å². The van der Waals surface area contributed by atoms with E-state index >= 15 is 0 Å². The summed E-state index contributed by atoms with van der Waals surface area (Å²) < 4.78 is 28.1.